The maximum absolute atomic E-state index is 13.7. The van der Waals surface area contributed by atoms with Gasteiger partial charge in [-0.2, -0.15) is 18.3 Å². The van der Waals surface area contributed by atoms with Crippen LogP contribution in [0.25, 0.3) is 16.9 Å². The topological polar surface area (TPSA) is 114 Å². The molecular formula is C22H18ClF3N6O3S. The Hall–Kier alpha value is -3.58. The molecule has 0 fully saturated rings. The number of anilines is 1. The van der Waals surface area contributed by atoms with Gasteiger partial charge in [0.25, 0.3) is 5.56 Å². The summed E-state index contributed by atoms with van der Waals surface area (Å²) in [6, 6.07) is 3.57. The van der Waals surface area contributed by atoms with E-state index in [1.54, 1.807) is 10.9 Å². The number of halogens is 4. The predicted octanol–water partition coefficient (Wildman–Crippen LogP) is 4.56. The SMILES string of the molecule is CSCn1cc(-c2nc3c(CNc4ccc(Cl)nc4C(=O)O)cc(C(F)(F)F)cn3c(=O)c2C)cn1. The summed E-state index contributed by atoms with van der Waals surface area (Å²) >= 11 is 7.31. The van der Waals surface area contributed by atoms with E-state index in [1.165, 1.54) is 37.0 Å². The summed E-state index contributed by atoms with van der Waals surface area (Å²) in [6.45, 7) is 1.21. The fourth-order valence-corrected chi connectivity index (χ4v) is 4.14. The number of alkyl halides is 3. The van der Waals surface area contributed by atoms with Gasteiger partial charge in [0.1, 0.15) is 10.8 Å². The second-order valence-electron chi connectivity index (χ2n) is 7.71. The fourth-order valence-electron chi connectivity index (χ4n) is 3.58. The van der Waals surface area contributed by atoms with Gasteiger partial charge in [0.2, 0.25) is 0 Å². The van der Waals surface area contributed by atoms with Crippen molar-refractivity contribution >= 4 is 40.7 Å². The molecule has 0 saturated carbocycles. The number of rotatable bonds is 7. The number of nitrogens with zero attached hydrogens (tertiary/aromatic N) is 5. The van der Waals surface area contributed by atoms with Crippen LogP contribution in [-0.4, -0.2) is 41.5 Å². The van der Waals surface area contributed by atoms with Gasteiger partial charge >= 0.3 is 12.1 Å². The van der Waals surface area contributed by atoms with E-state index in [-0.39, 0.29) is 39.9 Å². The van der Waals surface area contributed by atoms with Crippen molar-refractivity contribution in [2.45, 2.75) is 25.5 Å². The van der Waals surface area contributed by atoms with E-state index < -0.39 is 29.0 Å². The molecule has 14 heteroatoms. The zero-order valence-corrected chi connectivity index (χ0v) is 20.4. The molecule has 36 heavy (non-hydrogen) atoms. The van der Waals surface area contributed by atoms with Crippen LogP contribution in [0.1, 0.15) is 27.2 Å². The van der Waals surface area contributed by atoms with E-state index >= 15 is 0 Å². The van der Waals surface area contributed by atoms with Gasteiger partial charge in [-0.25, -0.2) is 14.8 Å². The molecule has 188 valence electrons. The zero-order chi connectivity index (χ0) is 26.2. The smallest absolute Gasteiger partial charge is 0.417 e. The molecule has 0 saturated heterocycles. The van der Waals surface area contributed by atoms with Gasteiger partial charge in [-0.3, -0.25) is 13.9 Å². The highest BCUT2D eigenvalue weighted by Gasteiger charge is 2.32. The van der Waals surface area contributed by atoms with Crippen LogP contribution < -0.4 is 10.9 Å². The number of thioether (sulfide) groups is 1. The average molecular weight is 539 g/mol. The number of nitrogens with one attached hydrogen (secondary N) is 1. The van der Waals surface area contributed by atoms with E-state index in [4.69, 9.17) is 11.6 Å². The third kappa shape index (κ3) is 5.02. The molecule has 0 amide bonds. The lowest BCUT2D eigenvalue weighted by molar-refractivity contribution is -0.137. The van der Waals surface area contributed by atoms with Crippen molar-refractivity contribution in [3.8, 4) is 11.3 Å². The maximum atomic E-state index is 13.7. The van der Waals surface area contributed by atoms with Crippen LogP contribution in [0.5, 0.6) is 0 Å². The van der Waals surface area contributed by atoms with Crippen LogP contribution in [0, 0.1) is 6.92 Å². The molecule has 4 aromatic heterocycles. The lowest BCUT2D eigenvalue weighted by Crippen LogP contribution is -2.23. The van der Waals surface area contributed by atoms with E-state index in [0.29, 0.717) is 17.6 Å². The quantitative estimate of drug-likeness (QED) is 0.329. The summed E-state index contributed by atoms with van der Waals surface area (Å²) in [4.78, 5) is 33.0. The first-order valence-electron chi connectivity index (χ1n) is 10.3. The van der Waals surface area contributed by atoms with Crippen molar-refractivity contribution in [1.29, 1.82) is 0 Å². The first-order chi connectivity index (χ1) is 17.0. The highest BCUT2D eigenvalue weighted by Crippen LogP contribution is 2.31. The number of hydrogen-bond acceptors (Lipinski definition) is 7. The summed E-state index contributed by atoms with van der Waals surface area (Å²) in [5.41, 5.74) is -1.10. The Kier molecular flexibility index (Phi) is 6.96. The standard InChI is InChI=1S/C22H18ClF3N6O3S/c1-11-17(13-7-28-31(8-13)10-36-2)30-19-12(5-14(22(24,25)26)9-32(19)20(11)33)6-27-15-3-4-16(23)29-18(15)21(34)35/h3-5,7-9,27H,6,10H2,1-2H3,(H,34,35). The molecule has 4 rings (SSSR count). The largest absolute Gasteiger partial charge is 0.476 e. The molecule has 4 heterocycles. The molecule has 0 aliphatic heterocycles. The van der Waals surface area contributed by atoms with Crippen LogP contribution in [0.4, 0.5) is 18.9 Å². The number of aromatic nitrogens is 5. The van der Waals surface area contributed by atoms with Crippen molar-refractivity contribution in [2.24, 2.45) is 0 Å². The number of carbonyl (C=O) groups is 1. The van der Waals surface area contributed by atoms with Crippen molar-refractivity contribution in [1.82, 2.24) is 24.1 Å². The van der Waals surface area contributed by atoms with Crippen molar-refractivity contribution in [2.75, 3.05) is 11.6 Å². The second-order valence-corrected chi connectivity index (χ2v) is 8.93. The van der Waals surface area contributed by atoms with Crippen LogP contribution in [0.3, 0.4) is 0 Å². The molecule has 4 aromatic rings. The minimum atomic E-state index is -4.73. The molecule has 0 radical (unpaired) electrons. The highest BCUT2D eigenvalue weighted by atomic mass is 35.5. The Morgan fingerprint density at radius 1 is 1.25 bits per heavy atom. The van der Waals surface area contributed by atoms with Gasteiger partial charge in [-0.1, -0.05) is 11.6 Å². The maximum Gasteiger partial charge on any atom is 0.417 e. The third-order valence-corrected chi connectivity index (χ3v) is 5.99. The lowest BCUT2D eigenvalue weighted by Gasteiger charge is -2.16. The Morgan fingerprint density at radius 2 is 2.00 bits per heavy atom. The molecular weight excluding hydrogens is 521 g/mol. The molecule has 0 bridgehead atoms. The number of carboxylic acid groups (broad SMARTS) is 1. The van der Waals surface area contributed by atoms with Crippen molar-refractivity contribution < 1.29 is 23.1 Å². The molecule has 0 atom stereocenters. The normalized spacial score (nSPS) is 11.7. The van der Waals surface area contributed by atoms with E-state index in [2.05, 4.69) is 20.4 Å². The van der Waals surface area contributed by atoms with Crippen LogP contribution >= 0.6 is 23.4 Å². The second kappa shape index (κ2) is 9.82. The Morgan fingerprint density at radius 3 is 2.67 bits per heavy atom. The third-order valence-electron chi connectivity index (χ3n) is 5.25. The van der Waals surface area contributed by atoms with E-state index in [9.17, 15) is 27.9 Å². The van der Waals surface area contributed by atoms with Crippen molar-refractivity contribution in [3.63, 3.8) is 0 Å². The lowest BCUT2D eigenvalue weighted by atomic mass is 10.1. The number of hydrogen-bond donors (Lipinski definition) is 2. The van der Waals surface area contributed by atoms with E-state index in [0.717, 1.165) is 10.5 Å². The summed E-state index contributed by atoms with van der Waals surface area (Å²) in [5.74, 6) is -0.806. The molecule has 0 aliphatic rings. The summed E-state index contributed by atoms with van der Waals surface area (Å²) in [5, 5.41) is 16.3. The monoisotopic (exact) mass is 538 g/mol. The molecule has 0 aromatic carbocycles. The molecule has 2 N–H and O–H groups in total. The van der Waals surface area contributed by atoms with E-state index in [1.807, 2.05) is 6.26 Å². The summed E-state index contributed by atoms with van der Waals surface area (Å²) in [6.07, 6.45) is 1.09. The Balaban J connectivity index is 1.87. The van der Waals surface area contributed by atoms with Gasteiger partial charge in [-0.05, 0) is 31.4 Å². The van der Waals surface area contributed by atoms with Crippen LogP contribution in [0.2, 0.25) is 5.15 Å². The molecule has 0 aliphatic carbocycles. The molecule has 0 unspecified atom stereocenters. The summed E-state index contributed by atoms with van der Waals surface area (Å²) in [7, 11) is 0. The first kappa shape index (κ1) is 25.5. The first-order valence-corrected chi connectivity index (χ1v) is 12.1. The van der Waals surface area contributed by atoms with Gasteiger partial charge in [0, 0.05) is 35.6 Å². The average Bonchev–Trinajstić information content (AvgIpc) is 3.28. The van der Waals surface area contributed by atoms with Gasteiger partial charge < -0.3 is 10.4 Å². The number of fused-ring (bicyclic) bond motifs is 1. The van der Waals surface area contributed by atoms with Crippen LogP contribution in [0.15, 0.2) is 41.6 Å². The number of carboxylic acids is 1. The molecule has 0 spiro atoms. The number of pyridine rings is 2. The van der Waals surface area contributed by atoms with Gasteiger partial charge in [0.05, 0.1) is 29.0 Å². The highest BCUT2D eigenvalue weighted by molar-refractivity contribution is 7.97. The van der Waals surface area contributed by atoms with Gasteiger partial charge in [0.15, 0.2) is 5.69 Å². The Bertz CT molecular complexity index is 1540. The number of aromatic carboxylic acids is 1. The van der Waals surface area contributed by atoms with Gasteiger partial charge in [-0.15, -0.1) is 11.8 Å². The van der Waals surface area contributed by atoms with Crippen LogP contribution in [-0.2, 0) is 18.6 Å². The van der Waals surface area contributed by atoms with Crippen molar-refractivity contribution in [3.05, 3.63) is 74.7 Å². The minimum absolute atomic E-state index is 0.0162. The Labute approximate surface area is 211 Å². The fraction of sp³-hybridized carbons (Fsp3) is 0.227. The summed E-state index contributed by atoms with van der Waals surface area (Å²) < 4.78 is 43.5. The molecule has 9 nitrogen and oxygen atoms in total. The minimum Gasteiger partial charge on any atom is -0.476 e. The predicted molar refractivity (Wildman–Crippen MR) is 129 cm³/mol. The zero-order valence-electron chi connectivity index (χ0n) is 18.8.